The van der Waals surface area contributed by atoms with E-state index in [1.165, 1.54) is 10.5 Å². The topological polar surface area (TPSA) is 38.1 Å². The molecular weight excluding hydrogens is 316 g/mol. The third kappa shape index (κ3) is 2.88. The highest BCUT2D eigenvalue weighted by Gasteiger charge is 2.10. The van der Waals surface area contributed by atoms with Crippen LogP contribution in [-0.4, -0.2) is 4.98 Å². The fraction of sp³-hybridized carbons (Fsp3) is 0.0500. The van der Waals surface area contributed by atoms with Gasteiger partial charge >= 0.3 is 0 Å². The number of pyridine rings is 1. The van der Waals surface area contributed by atoms with Crippen LogP contribution >= 0.6 is 11.9 Å². The zero-order valence-corrected chi connectivity index (χ0v) is 14.0. The Morgan fingerprint density at radius 3 is 2.62 bits per heavy atom. The van der Waals surface area contributed by atoms with E-state index in [1.54, 1.807) is 18.2 Å². The Bertz CT molecular complexity index is 963. The van der Waals surface area contributed by atoms with E-state index in [4.69, 9.17) is 4.42 Å². The van der Waals surface area contributed by atoms with Gasteiger partial charge in [0.1, 0.15) is 5.76 Å². The van der Waals surface area contributed by atoms with Gasteiger partial charge in [-0.3, -0.25) is 4.98 Å². The molecule has 0 unspecified atom stereocenters. The van der Waals surface area contributed by atoms with Crippen molar-refractivity contribution in [1.82, 2.24) is 4.98 Å². The number of furan rings is 1. The molecule has 0 saturated carbocycles. The van der Waals surface area contributed by atoms with Crippen LogP contribution in [0.3, 0.4) is 0 Å². The lowest BCUT2D eigenvalue weighted by Crippen LogP contribution is -1.92. The number of aryl methyl sites for hydroxylation is 1. The molecule has 118 valence electrons. The lowest BCUT2D eigenvalue weighted by atomic mass is 10.1. The predicted molar refractivity (Wildman–Crippen MR) is 100 cm³/mol. The molecule has 0 saturated heterocycles. The summed E-state index contributed by atoms with van der Waals surface area (Å²) >= 11 is 1.59. The molecule has 4 rings (SSSR count). The van der Waals surface area contributed by atoms with Gasteiger partial charge in [-0.2, -0.15) is 0 Å². The Balaban J connectivity index is 1.69. The van der Waals surface area contributed by atoms with Gasteiger partial charge in [-0.25, -0.2) is 0 Å². The molecule has 2 heterocycles. The van der Waals surface area contributed by atoms with Gasteiger partial charge in [-0.05, 0) is 61.3 Å². The van der Waals surface area contributed by atoms with Gasteiger partial charge in [-0.1, -0.05) is 23.8 Å². The predicted octanol–water partition coefficient (Wildman–Crippen LogP) is 5.92. The van der Waals surface area contributed by atoms with Gasteiger partial charge in [0.05, 0.1) is 17.5 Å². The second-order valence-corrected chi connectivity index (χ2v) is 6.43. The van der Waals surface area contributed by atoms with Crippen LogP contribution in [0.4, 0.5) is 5.69 Å². The quantitative estimate of drug-likeness (QED) is 0.471. The molecule has 0 radical (unpaired) electrons. The van der Waals surface area contributed by atoms with Crippen LogP contribution in [0.5, 0.6) is 0 Å². The van der Waals surface area contributed by atoms with E-state index in [0.717, 1.165) is 27.9 Å². The monoisotopic (exact) mass is 332 g/mol. The fourth-order valence-electron chi connectivity index (χ4n) is 2.62. The summed E-state index contributed by atoms with van der Waals surface area (Å²) in [5.41, 5.74) is 4.24. The van der Waals surface area contributed by atoms with E-state index in [-0.39, 0.29) is 0 Å². The summed E-state index contributed by atoms with van der Waals surface area (Å²) < 4.78 is 8.97. The smallest absolute Gasteiger partial charge is 0.134 e. The first-order chi connectivity index (χ1) is 11.8. The molecule has 0 amide bonds. The molecule has 24 heavy (non-hydrogen) atoms. The summed E-state index contributed by atoms with van der Waals surface area (Å²) in [6.45, 7) is 2.09. The fourth-order valence-corrected chi connectivity index (χ4v) is 3.29. The average Bonchev–Trinajstić information content (AvgIpc) is 3.15. The minimum atomic E-state index is 0.853. The first kappa shape index (κ1) is 14.8. The maximum Gasteiger partial charge on any atom is 0.134 e. The molecule has 0 bridgehead atoms. The highest BCUT2D eigenvalue weighted by molar-refractivity contribution is 8.00. The van der Waals surface area contributed by atoms with Crippen LogP contribution in [0.15, 0.2) is 82.4 Å². The minimum Gasteiger partial charge on any atom is -0.464 e. The Morgan fingerprint density at radius 1 is 0.958 bits per heavy atom. The number of nitrogens with zero attached hydrogens (tertiary/aromatic N) is 1. The summed E-state index contributed by atoms with van der Waals surface area (Å²) in [4.78, 5) is 5.73. The maximum atomic E-state index is 5.55. The summed E-state index contributed by atoms with van der Waals surface area (Å²) in [6, 6.07) is 20.5. The van der Waals surface area contributed by atoms with E-state index in [2.05, 4.69) is 53.0 Å². The highest BCUT2D eigenvalue weighted by Crippen LogP contribution is 2.34. The Labute approximate surface area is 144 Å². The van der Waals surface area contributed by atoms with Crippen LogP contribution in [-0.2, 0) is 0 Å². The highest BCUT2D eigenvalue weighted by atomic mass is 32.2. The standard InChI is InChI=1S/C20H16N2OS/c1-14-6-8-15(9-7-14)24-22-18-11-10-16(19-5-3-13-23-19)17-4-2-12-21-20(17)18/h2-13,22H,1H3. The molecule has 4 heteroatoms. The second-order valence-electron chi connectivity index (χ2n) is 5.55. The van der Waals surface area contributed by atoms with E-state index >= 15 is 0 Å². The minimum absolute atomic E-state index is 0.853. The van der Waals surface area contributed by atoms with E-state index in [1.807, 2.05) is 30.5 Å². The summed E-state index contributed by atoms with van der Waals surface area (Å²) in [6.07, 6.45) is 3.51. The van der Waals surface area contributed by atoms with Gasteiger partial charge in [0.25, 0.3) is 0 Å². The van der Waals surface area contributed by atoms with E-state index in [0.29, 0.717) is 0 Å². The number of aromatic nitrogens is 1. The van der Waals surface area contributed by atoms with Crippen molar-refractivity contribution in [2.24, 2.45) is 0 Å². The molecule has 3 nitrogen and oxygen atoms in total. The molecule has 0 spiro atoms. The summed E-state index contributed by atoms with van der Waals surface area (Å²) in [7, 11) is 0. The zero-order valence-electron chi connectivity index (χ0n) is 13.2. The van der Waals surface area contributed by atoms with Crippen LogP contribution in [0.25, 0.3) is 22.2 Å². The van der Waals surface area contributed by atoms with Crippen molar-refractivity contribution in [1.29, 1.82) is 0 Å². The van der Waals surface area contributed by atoms with Gasteiger partial charge < -0.3 is 9.14 Å². The molecule has 0 fully saturated rings. The van der Waals surface area contributed by atoms with Gasteiger partial charge in [-0.15, -0.1) is 0 Å². The molecule has 0 aliphatic carbocycles. The first-order valence-corrected chi connectivity index (χ1v) is 8.54. The van der Waals surface area contributed by atoms with E-state index < -0.39 is 0 Å². The second kappa shape index (κ2) is 6.42. The number of rotatable bonds is 4. The largest absolute Gasteiger partial charge is 0.464 e. The van der Waals surface area contributed by atoms with Crippen molar-refractivity contribution in [2.75, 3.05) is 4.72 Å². The number of nitrogens with one attached hydrogen (secondary N) is 1. The van der Waals surface area contributed by atoms with Gasteiger partial charge in [0.15, 0.2) is 0 Å². The molecule has 4 aromatic rings. The molecule has 2 aromatic heterocycles. The SMILES string of the molecule is Cc1ccc(SNc2ccc(-c3ccco3)c3cccnc23)cc1. The number of fused-ring (bicyclic) bond motifs is 1. The van der Waals surface area contributed by atoms with Crippen LogP contribution in [0, 0.1) is 6.92 Å². The number of benzene rings is 2. The first-order valence-electron chi connectivity index (χ1n) is 7.72. The molecule has 0 aliphatic heterocycles. The van der Waals surface area contributed by atoms with Gasteiger partial charge in [0.2, 0.25) is 0 Å². The molecule has 0 atom stereocenters. The third-order valence-electron chi connectivity index (χ3n) is 3.86. The molecule has 1 N–H and O–H groups in total. The Kier molecular flexibility index (Phi) is 3.97. The summed E-state index contributed by atoms with van der Waals surface area (Å²) in [5.74, 6) is 0.853. The normalized spacial score (nSPS) is 10.9. The maximum absolute atomic E-state index is 5.55. The van der Waals surface area contributed by atoms with Crippen molar-refractivity contribution in [3.63, 3.8) is 0 Å². The van der Waals surface area contributed by atoms with Crippen LogP contribution in [0.1, 0.15) is 5.56 Å². The Morgan fingerprint density at radius 2 is 1.83 bits per heavy atom. The van der Waals surface area contributed by atoms with Gasteiger partial charge in [0, 0.05) is 22.0 Å². The Hall–Kier alpha value is -2.72. The van der Waals surface area contributed by atoms with Crippen molar-refractivity contribution in [3.8, 4) is 11.3 Å². The van der Waals surface area contributed by atoms with Crippen molar-refractivity contribution in [3.05, 3.63) is 78.7 Å². The molecule has 0 aliphatic rings. The number of anilines is 1. The van der Waals surface area contributed by atoms with E-state index in [9.17, 15) is 0 Å². The lowest BCUT2D eigenvalue weighted by Gasteiger charge is -2.11. The van der Waals surface area contributed by atoms with Crippen LogP contribution in [0.2, 0.25) is 0 Å². The average molecular weight is 332 g/mol. The van der Waals surface area contributed by atoms with Crippen molar-refractivity contribution < 1.29 is 4.42 Å². The van der Waals surface area contributed by atoms with Crippen molar-refractivity contribution in [2.45, 2.75) is 11.8 Å². The number of hydrogen-bond acceptors (Lipinski definition) is 4. The number of hydrogen-bond donors (Lipinski definition) is 1. The molecule has 2 aromatic carbocycles. The summed E-state index contributed by atoms with van der Waals surface area (Å²) in [5, 5.41) is 1.07. The third-order valence-corrected chi connectivity index (χ3v) is 4.69. The zero-order chi connectivity index (χ0) is 16.4. The molecular formula is C20H16N2OS. The van der Waals surface area contributed by atoms with Crippen LogP contribution < -0.4 is 4.72 Å². The van der Waals surface area contributed by atoms with Crippen molar-refractivity contribution >= 4 is 28.5 Å². The lowest BCUT2D eigenvalue weighted by molar-refractivity contribution is 0.583.